The van der Waals surface area contributed by atoms with E-state index in [0.29, 0.717) is 132 Å². The van der Waals surface area contributed by atoms with E-state index < -0.39 is 16.5 Å². The van der Waals surface area contributed by atoms with Gasteiger partial charge in [-0.05, 0) is 0 Å². The molecule has 0 aliphatic rings. The molecule has 0 unspecified atom stereocenters. The standard InChI is InChI=1S/C19H43NO5Si2.C13H27NO5/c1-8-10-21-12-14-23-16-18-25-19-17-24-15-13-22-11-9-20(26(2,3)4)27(5,6)7;1-2-4-15-6-8-17-10-12-19-13-11-18-9-7-16-5-3-14/h8H,1,9-19H2,2-7H3;2H,1,3-14H2. The second kappa shape index (κ2) is 35.7. The van der Waals surface area contributed by atoms with Gasteiger partial charge in [0.1, 0.15) is 16.5 Å². The first kappa shape index (κ1) is 47.5. The predicted molar refractivity (Wildman–Crippen MR) is 191 cm³/mol. The highest BCUT2D eigenvalue weighted by atomic mass is 28.4. The van der Waals surface area contributed by atoms with E-state index in [4.69, 9.17) is 53.1 Å². The Bertz CT molecular complexity index is 627. The van der Waals surface area contributed by atoms with Crippen molar-refractivity contribution in [1.82, 2.24) is 4.23 Å². The lowest BCUT2D eigenvalue weighted by Gasteiger charge is -2.43. The van der Waals surface area contributed by atoms with Gasteiger partial charge in [-0.15, -0.1) is 13.2 Å². The van der Waals surface area contributed by atoms with E-state index in [1.807, 2.05) is 0 Å². The maximum atomic E-state index is 5.75. The first-order valence-corrected chi connectivity index (χ1v) is 23.5. The lowest BCUT2D eigenvalue weighted by atomic mass is 10.6. The fourth-order valence-electron chi connectivity index (χ4n) is 4.01. The molecule has 0 aliphatic carbocycles. The fraction of sp³-hybridized carbons (Fsp3) is 0.875. The Hall–Kier alpha value is -0.566. The van der Waals surface area contributed by atoms with E-state index in [0.717, 1.165) is 13.2 Å². The van der Waals surface area contributed by atoms with Crippen molar-refractivity contribution in [3.8, 4) is 0 Å². The Balaban J connectivity index is 0. The molecule has 2 N–H and O–H groups in total. The van der Waals surface area contributed by atoms with Crippen molar-refractivity contribution in [2.75, 3.05) is 145 Å². The topological polar surface area (TPSA) is 122 Å². The highest BCUT2D eigenvalue weighted by Crippen LogP contribution is 2.18. The van der Waals surface area contributed by atoms with Crippen molar-refractivity contribution >= 4 is 16.5 Å². The Morgan fingerprint density at radius 2 is 0.652 bits per heavy atom. The number of nitrogens with zero attached hydrogens (tertiary/aromatic N) is 1. The van der Waals surface area contributed by atoms with Gasteiger partial charge in [-0.2, -0.15) is 0 Å². The van der Waals surface area contributed by atoms with Crippen LogP contribution in [0.4, 0.5) is 0 Å². The van der Waals surface area contributed by atoms with Gasteiger partial charge in [0.25, 0.3) is 0 Å². The van der Waals surface area contributed by atoms with Gasteiger partial charge in [0.2, 0.25) is 0 Å². The third-order valence-corrected chi connectivity index (χ3v) is 13.5. The van der Waals surface area contributed by atoms with Gasteiger partial charge >= 0.3 is 0 Å². The van der Waals surface area contributed by atoms with E-state index in [9.17, 15) is 0 Å². The first-order chi connectivity index (χ1) is 22.1. The largest absolute Gasteiger partial charge is 0.378 e. The van der Waals surface area contributed by atoms with Gasteiger partial charge in [0.15, 0.2) is 0 Å². The molecule has 0 radical (unpaired) electrons. The van der Waals surface area contributed by atoms with Gasteiger partial charge in [-0.25, -0.2) is 0 Å². The Morgan fingerprint density at radius 3 is 0.891 bits per heavy atom. The first-order valence-electron chi connectivity index (χ1n) is 16.6. The van der Waals surface area contributed by atoms with Crippen molar-refractivity contribution in [2.24, 2.45) is 5.73 Å². The Morgan fingerprint density at radius 1 is 0.413 bits per heavy atom. The smallest absolute Gasteiger partial charge is 0.112 e. The van der Waals surface area contributed by atoms with Crippen molar-refractivity contribution in [3.63, 3.8) is 0 Å². The van der Waals surface area contributed by atoms with Crippen LogP contribution in [0.1, 0.15) is 0 Å². The van der Waals surface area contributed by atoms with Crippen LogP contribution >= 0.6 is 0 Å². The van der Waals surface area contributed by atoms with Gasteiger partial charge < -0.3 is 57.3 Å². The van der Waals surface area contributed by atoms with Gasteiger partial charge in [0, 0.05) is 13.1 Å². The average Bonchev–Trinajstić information content (AvgIpc) is 2.99. The molecule has 0 rings (SSSR count). The maximum absolute atomic E-state index is 5.75. The monoisotopic (exact) mass is 698 g/mol. The molecule has 0 aromatic carbocycles. The zero-order valence-electron chi connectivity index (χ0n) is 30.2. The number of ether oxygens (including phenoxy) is 10. The van der Waals surface area contributed by atoms with Crippen molar-refractivity contribution in [1.29, 1.82) is 0 Å². The molecular formula is C32H70N2O10Si2. The summed E-state index contributed by atoms with van der Waals surface area (Å²) < 4.78 is 56.3. The molecule has 0 heterocycles. The molecule has 14 heteroatoms. The van der Waals surface area contributed by atoms with Crippen LogP contribution in [0.15, 0.2) is 25.3 Å². The van der Waals surface area contributed by atoms with Gasteiger partial charge in [-0.3, -0.25) is 0 Å². The van der Waals surface area contributed by atoms with Crippen molar-refractivity contribution in [2.45, 2.75) is 39.3 Å². The fourth-order valence-corrected chi connectivity index (χ4v) is 13.6. The van der Waals surface area contributed by atoms with E-state index in [1.54, 1.807) is 12.2 Å². The third kappa shape index (κ3) is 37.9. The van der Waals surface area contributed by atoms with Crippen LogP contribution in [0.3, 0.4) is 0 Å². The summed E-state index contributed by atoms with van der Waals surface area (Å²) in [6.45, 7) is 35.0. The minimum Gasteiger partial charge on any atom is -0.378 e. The molecule has 0 aliphatic heterocycles. The predicted octanol–water partition coefficient (Wildman–Crippen LogP) is 3.44. The lowest BCUT2D eigenvalue weighted by Crippen LogP contribution is -2.59. The van der Waals surface area contributed by atoms with Crippen LogP contribution in [0.5, 0.6) is 0 Å². The van der Waals surface area contributed by atoms with E-state index in [2.05, 4.69) is 56.7 Å². The summed E-state index contributed by atoms with van der Waals surface area (Å²) in [6, 6.07) is 0. The van der Waals surface area contributed by atoms with Crippen LogP contribution < -0.4 is 5.73 Å². The molecule has 0 aromatic rings. The number of rotatable bonds is 35. The molecule has 0 bridgehead atoms. The molecule has 0 spiro atoms. The second-order valence-electron chi connectivity index (χ2n) is 11.9. The molecule has 0 aromatic heterocycles. The number of nitrogens with two attached hydrogens (primary N) is 1. The van der Waals surface area contributed by atoms with Crippen LogP contribution in [0.25, 0.3) is 0 Å². The summed E-state index contributed by atoms with van der Waals surface area (Å²) in [5.74, 6) is 0. The summed E-state index contributed by atoms with van der Waals surface area (Å²) in [5, 5.41) is 0. The molecule has 0 saturated heterocycles. The van der Waals surface area contributed by atoms with Gasteiger partial charge in [0.05, 0.1) is 132 Å². The summed E-state index contributed by atoms with van der Waals surface area (Å²) >= 11 is 0. The van der Waals surface area contributed by atoms with E-state index >= 15 is 0 Å². The molecule has 0 amide bonds. The summed E-state index contributed by atoms with van der Waals surface area (Å²) in [4.78, 5) is 0. The Labute approximate surface area is 283 Å². The average molecular weight is 699 g/mol. The minimum atomic E-state index is -1.28. The molecule has 0 atom stereocenters. The lowest BCUT2D eigenvalue weighted by molar-refractivity contribution is -0.00946. The molecule has 46 heavy (non-hydrogen) atoms. The zero-order chi connectivity index (χ0) is 34.6. The summed E-state index contributed by atoms with van der Waals surface area (Å²) in [5.41, 5.74) is 5.27. The second-order valence-corrected chi connectivity index (χ2v) is 22.1. The quantitative estimate of drug-likeness (QED) is 0.0593. The highest BCUT2D eigenvalue weighted by molar-refractivity contribution is 6.89. The zero-order valence-corrected chi connectivity index (χ0v) is 32.2. The van der Waals surface area contributed by atoms with Crippen molar-refractivity contribution < 1.29 is 47.4 Å². The van der Waals surface area contributed by atoms with Crippen LogP contribution in [-0.4, -0.2) is 166 Å². The summed E-state index contributed by atoms with van der Waals surface area (Å²) in [6.07, 6.45) is 3.44. The highest BCUT2D eigenvalue weighted by Gasteiger charge is 2.33. The van der Waals surface area contributed by atoms with Crippen molar-refractivity contribution in [3.05, 3.63) is 25.3 Å². The SMILES string of the molecule is C=CCOCCOCCOCCOCCOCCN.C=CCOCCOCCOCCOCCOCCN([Si](C)(C)C)[Si](C)(C)C. The van der Waals surface area contributed by atoms with E-state index in [-0.39, 0.29) is 0 Å². The minimum absolute atomic E-state index is 0.543. The van der Waals surface area contributed by atoms with Crippen LogP contribution in [0, 0.1) is 0 Å². The molecular weight excluding hydrogens is 629 g/mol. The third-order valence-electron chi connectivity index (χ3n) is 5.79. The number of hydrogen-bond acceptors (Lipinski definition) is 12. The number of hydrogen-bond donors (Lipinski definition) is 1. The molecule has 0 saturated carbocycles. The van der Waals surface area contributed by atoms with E-state index in [1.165, 1.54) is 0 Å². The molecule has 276 valence electrons. The van der Waals surface area contributed by atoms with Crippen LogP contribution in [0.2, 0.25) is 39.3 Å². The molecule has 12 nitrogen and oxygen atoms in total. The Kier molecular flexibility index (Phi) is 36.9. The summed E-state index contributed by atoms with van der Waals surface area (Å²) in [7, 11) is -2.57. The van der Waals surface area contributed by atoms with Gasteiger partial charge in [-0.1, -0.05) is 51.4 Å². The normalized spacial score (nSPS) is 11.9. The molecule has 0 fully saturated rings. The van der Waals surface area contributed by atoms with Crippen LogP contribution in [-0.2, 0) is 47.4 Å². The maximum Gasteiger partial charge on any atom is 0.112 e.